The highest BCUT2D eigenvalue weighted by molar-refractivity contribution is 7.99. The SMILES string of the molecule is Cc1cnc2n(c1=O)C(CC(=O)N1CCC(C(N)=O)CC1)CS2. The van der Waals surface area contributed by atoms with Crippen LogP contribution < -0.4 is 11.3 Å². The molecule has 1 atom stereocenters. The summed E-state index contributed by atoms with van der Waals surface area (Å²) in [7, 11) is 0. The molecule has 8 heteroatoms. The van der Waals surface area contributed by atoms with E-state index in [9.17, 15) is 14.4 Å². The van der Waals surface area contributed by atoms with Crippen molar-refractivity contribution in [1.82, 2.24) is 14.5 Å². The van der Waals surface area contributed by atoms with E-state index in [-0.39, 0.29) is 29.3 Å². The van der Waals surface area contributed by atoms with Crippen LogP contribution in [0.15, 0.2) is 16.1 Å². The van der Waals surface area contributed by atoms with Gasteiger partial charge in [0.25, 0.3) is 5.56 Å². The largest absolute Gasteiger partial charge is 0.369 e. The first kappa shape index (κ1) is 16.0. The number of carbonyl (C=O) groups is 2. The molecule has 1 saturated heterocycles. The lowest BCUT2D eigenvalue weighted by atomic mass is 9.96. The summed E-state index contributed by atoms with van der Waals surface area (Å²) < 4.78 is 1.65. The molecule has 3 heterocycles. The Bertz CT molecular complexity index is 694. The molecule has 1 unspecified atom stereocenters. The number of primary amides is 1. The molecule has 1 fully saturated rings. The van der Waals surface area contributed by atoms with Crippen LogP contribution in [-0.2, 0) is 9.59 Å². The third-order valence-corrected chi connectivity index (χ3v) is 5.67. The number of thioether (sulfide) groups is 1. The molecule has 23 heavy (non-hydrogen) atoms. The molecule has 0 saturated carbocycles. The van der Waals surface area contributed by atoms with Gasteiger partial charge in [-0.05, 0) is 19.8 Å². The van der Waals surface area contributed by atoms with Gasteiger partial charge in [0.05, 0.1) is 6.04 Å². The van der Waals surface area contributed by atoms with Crippen LogP contribution in [0.3, 0.4) is 0 Å². The summed E-state index contributed by atoms with van der Waals surface area (Å²) in [5, 5.41) is 0.686. The van der Waals surface area contributed by atoms with Crippen LogP contribution >= 0.6 is 11.8 Å². The molecule has 2 N–H and O–H groups in total. The van der Waals surface area contributed by atoms with Gasteiger partial charge < -0.3 is 10.6 Å². The van der Waals surface area contributed by atoms with Crippen LogP contribution in [0.5, 0.6) is 0 Å². The summed E-state index contributed by atoms with van der Waals surface area (Å²) >= 11 is 1.51. The number of aromatic nitrogens is 2. The maximum atomic E-state index is 12.5. The van der Waals surface area contributed by atoms with Crippen molar-refractivity contribution in [3.05, 3.63) is 22.1 Å². The topological polar surface area (TPSA) is 98.3 Å². The second-order valence-electron chi connectivity index (χ2n) is 6.13. The molecule has 0 radical (unpaired) electrons. The van der Waals surface area contributed by atoms with Crippen molar-refractivity contribution < 1.29 is 9.59 Å². The number of hydrogen-bond donors (Lipinski definition) is 1. The highest BCUT2D eigenvalue weighted by atomic mass is 32.2. The second kappa shape index (κ2) is 6.35. The Balaban J connectivity index is 1.66. The fraction of sp³-hybridized carbons (Fsp3) is 0.600. The minimum absolute atomic E-state index is 0.0276. The minimum Gasteiger partial charge on any atom is -0.369 e. The molecule has 7 nitrogen and oxygen atoms in total. The van der Waals surface area contributed by atoms with E-state index >= 15 is 0 Å². The van der Waals surface area contributed by atoms with Crippen molar-refractivity contribution in [2.24, 2.45) is 11.7 Å². The number of rotatable bonds is 3. The number of hydrogen-bond acceptors (Lipinski definition) is 5. The molecule has 2 amide bonds. The Hall–Kier alpha value is -1.83. The number of carbonyl (C=O) groups excluding carboxylic acids is 2. The summed E-state index contributed by atoms with van der Waals surface area (Å²) in [6.45, 7) is 2.85. The maximum absolute atomic E-state index is 12.5. The van der Waals surface area contributed by atoms with E-state index in [1.807, 2.05) is 0 Å². The Kier molecular flexibility index (Phi) is 4.43. The van der Waals surface area contributed by atoms with E-state index in [0.717, 1.165) is 0 Å². The average molecular weight is 336 g/mol. The molecule has 124 valence electrons. The third kappa shape index (κ3) is 3.12. The van der Waals surface area contributed by atoms with Crippen LogP contribution in [-0.4, -0.2) is 45.1 Å². The Morgan fingerprint density at radius 3 is 2.74 bits per heavy atom. The zero-order chi connectivity index (χ0) is 16.6. The summed E-state index contributed by atoms with van der Waals surface area (Å²) in [6.07, 6.45) is 3.13. The number of nitrogens with two attached hydrogens (primary N) is 1. The van der Waals surface area contributed by atoms with Gasteiger partial charge in [0.2, 0.25) is 11.8 Å². The van der Waals surface area contributed by atoms with Crippen LogP contribution in [0.1, 0.15) is 30.9 Å². The van der Waals surface area contributed by atoms with E-state index in [4.69, 9.17) is 5.73 Å². The molecular formula is C15H20N4O3S. The summed E-state index contributed by atoms with van der Waals surface area (Å²) in [4.78, 5) is 42.0. The van der Waals surface area contributed by atoms with E-state index in [1.165, 1.54) is 11.8 Å². The number of piperidine rings is 1. The third-order valence-electron chi connectivity index (χ3n) is 4.56. The van der Waals surface area contributed by atoms with Crippen molar-refractivity contribution in [3.63, 3.8) is 0 Å². The summed E-state index contributed by atoms with van der Waals surface area (Å²) in [6, 6.07) is -0.142. The first-order valence-electron chi connectivity index (χ1n) is 7.75. The van der Waals surface area contributed by atoms with Gasteiger partial charge >= 0.3 is 0 Å². The van der Waals surface area contributed by atoms with Crippen molar-refractivity contribution in [1.29, 1.82) is 0 Å². The Morgan fingerprint density at radius 1 is 1.39 bits per heavy atom. The predicted octanol–water partition coefficient (Wildman–Crippen LogP) is 0.313. The first-order chi connectivity index (χ1) is 11.0. The molecule has 0 aliphatic carbocycles. The number of aryl methyl sites for hydroxylation is 1. The summed E-state index contributed by atoms with van der Waals surface area (Å²) in [5.41, 5.74) is 5.84. The smallest absolute Gasteiger partial charge is 0.257 e. The van der Waals surface area contributed by atoms with Crippen LogP contribution in [0.25, 0.3) is 0 Å². The number of amides is 2. The lowest BCUT2D eigenvalue weighted by Gasteiger charge is -2.31. The number of fused-ring (bicyclic) bond motifs is 1. The zero-order valence-corrected chi connectivity index (χ0v) is 13.8. The van der Waals surface area contributed by atoms with Gasteiger partial charge in [0.1, 0.15) is 0 Å². The van der Waals surface area contributed by atoms with E-state index < -0.39 is 0 Å². The van der Waals surface area contributed by atoms with Crippen molar-refractivity contribution in [2.75, 3.05) is 18.8 Å². The molecule has 0 aromatic carbocycles. The van der Waals surface area contributed by atoms with Gasteiger partial charge in [0.15, 0.2) is 5.16 Å². The molecule has 3 rings (SSSR count). The lowest BCUT2D eigenvalue weighted by molar-refractivity contribution is -0.135. The van der Waals surface area contributed by atoms with Gasteiger partial charge in [-0.1, -0.05) is 11.8 Å². The molecular weight excluding hydrogens is 316 g/mol. The quantitative estimate of drug-likeness (QED) is 0.801. The highest BCUT2D eigenvalue weighted by Crippen LogP contribution is 2.32. The fourth-order valence-corrected chi connectivity index (χ4v) is 4.22. The Labute approximate surface area is 138 Å². The maximum Gasteiger partial charge on any atom is 0.257 e. The van der Waals surface area contributed by atoms with Gasteiger partial charge in [-0.3, -0.25) is 19.0 Å². The van der Waals surface area contributed by atoms with Gasteiger partial charge in [-0.2, -0.15) is 0 Å². The molecule has 0 spiro atoms. The van der Waals surface area contributed by atoms with Crippen LogP contribution in [0.2, 0.25) is 0 Å². The van der Waals surface area contributed by atoms with Crippen LogP contribution in [0.4, 0.5) is 0 Å². The van der Waals surface area contributed by atoms with E-state index in [1.54, 1.807) is 22.6 Å². The van der Waals surface area contributed by atoms with Crippen molar-refractivity contribution in [3.8, 4) is 0 Å². The number of likely N-dealkylation sites (tertiary alicyclic amines) is 1. The Morgan fingerprint density at radius 2 is 2.09 bits per heavy atom. The zero-order valence-electron chi connectivity index (χ0n) is 13.0. The molecule has 2 aliphatic rings. The minimum atomic E-state index is -0.286. The first-order valence-corrected chi connectivity index (χ1v) is 8.74. The monoisotopic (exact) mass is 336 g/mol. The molecule has 1 aromatic rings. The lowest BCUT2D eigenvalue weighted by Crippen LogP contribution is -2.42. The number of nitrogens with zero attached hydrogens (tertiary/aromatic N) is 3. The van der Waals surface area contributed by atoms with Crippen molar-refractivity contribution >= 4 is 23.6 Å². The molecule has 1 aromatic heterocycles. The van der Waals surface area contributed by atoms with E-state index in [0.29, 0.717) is 48.8 Å². The van der Waals surface area contributed by atoms with Crippen molar-refractivity contribution in [2.45, 2.75) is 37.4 Å². The van der Waals surface area contributed by atoms with E-state index in [2.05, 4.69) is 4.98 Å². The van der Waals surface area contributed by atoms with Gasteiger partial charge in [0, 0.05) is 42.9 Å². The molecule has 0 bridgehead atoms. The predicted molar refractivity (Wildman–Crippen MR) is 86.1 cm³/mol. The normalized spacial score (nSPS) is 21.3. The second-order valence-corrected chi connectivity index (χ2v) is 7.11. The average Bonchev–Trinajstić information content (AvgIpc) is 2.94. The molecule has 2 aliphatic heterocycles. The fourth-order valence-electron chi connectivity index (χ4n) is 3.11. The highest BCUT2D eigenvalue weighted by Gasteiger charge is 2.31. The van der Waals surface area contributed by atoms with Gasteiger partial charge in [-0.25, -0.2) is 4.98 Å². The van der Waals surface area contributed by atoms with Gasteiger partial charge in [-0.15, -0.1) is 0 Å². The standard InChI is InChI=1S/C15H20N4O3S/c1-9-7-17-15-19(14(9)22)11(8-23-15)6-12(20)18-4-2-10(3-5-18)13(16)21/h7,10-11H,2-6,8H2,1H3,(H2,16,21). The van der Waals surface area contributed by atoms with Crippen LogP contribution in [0, 0.1) is 12.8 Å². The summed E-state index contributed by atoms with van der Waals surface area (Å²) in [5.74, 6) is 0.303.